The number of benzene rings is 3. The molecular weight excluding hydrogens is 488 g/mol. The molecular formula is C30H28O6S. The monoisotopic (exact) mass is 516 g/mol. The predicted molar refractivity (Wildman–Crippen MR) is 145 cm³/mol. The number of ether oxygens (including phenoxy) is 3. The maximum absolute atomic E-state index is 13.1. The quantitative estimate of drug-likeness (QED) is 0.266. The van der Waals surface area contributed by atoms with Gasteiger partial charge in [0.15, 0.2) is 5.75 Å². The average molecular weight is 517 g/mol. The van der Waals surface area contributed by atoms with Crippen LogP contribution in [0.2, 0.25) is 0 Å². The van der Waals surface area contributed by atoms with Gasteiger partial charge in [0.2, 0.25) is 0 Å². The Morgan fingerprint density at radius 2 is 1.86 bits per heavy atom. The lowest BCUT2D eigenvalue weighted by Crippen LogP contribution is -2.27. The van der Waals surface area contributed by atoms with E-state index in [1.54, 1.807) is 36.4 Å². The van der Waals surface area contributed by atoms with Crippen LogP contribution < -0.4 is 18.4 Å². The molecule has 0 bridgehead atoms. The summed E-state index contributed by atoms with van der Waals surface area (Å²) in [6, 6.07) is 15.5. The van der Waals surface area contributed by atoms with Crippen LogP contribution in [0.4, 0.5) is 0 Å². The van der Waals surface area contributed by atoms with E-state index in [4.69, 9.17) is 18.4 Å². The van der Waals surface area contributed by atoms with Gasteiger partial charge in [0.05, 0.1) is 5.56 Å². The van der Waals surface area contributed by atoms with E-state index >= 15 is 0 Å². The standard InChI is InChI=1S/C30H28O6S/c1-5-16-33-23-9-12-25(28(18-23)36-37(31,32)24-10-6-20(2)7-11-24)22-17-21-8-13-27-26(29(21)34-19-22)14-15-30(3,4)35-27/h5-15,17-18H,1,16,19H2,2-4H3. The minimum atomic E-state index is -4.08. The summed E-state index contributed by atoms with van der Waals surface area (Å²) in [5, 5.41) is 0. The molecule has 190 valence electrons. The predicted octanol–water partition coefficient (Wildman–Crippen LogP) is 6.44. The molecule has 7 heteroatoms. The van der Waals surface area contributed by atoms with E-state index in [0.717, 1.165) is 33.8 Å². The Morgan fingerprint density at radius 1 is 1.08 bits per heavy atom. The van der Waals surface area contributed by atoms with Gasteiger partial charge in [-0.05, 0) is 75.4 Å². The first-order valence-corrected chi connectivity index (χ1v) is 13.3. The minimum absolute atomic E-state index is 0.0713. The van der Waals surface area contributed by atoms with Gasteiger partial charge >= 0.3 is 10.1 Å². The molecule has 2 aliphatic rings. The van der Waals surface area contributed by atoms with E-state index in [9.17, 15) is 8.42 Å². The van der Waals surface area contributed by atoms with Crippen molar-refractivity contribution in [2.75, 3.05) is 13.2 Å². The van der Waals surface area contributed by atoms with Gasteiger partial charge in [-0.1, -0.05) is 30.4 Å². The summed E-state index contributed by atoms with van der Waals surface area (Å²) in [6.07, 6.45) is 7.62. The van der Waals surface area contributed by atoms with Crippen molar-refractivity contribution >= 4 is 27.8 Å². The lowest BCUT2D eigenvalue weighted by Gasteiger charge is -2.30. The Bertz CT molecular complexity index is 1530. The van der Waals surface area contributed by atoms with Crippen LogP contribution in [0.25, 0.3) is 17.7 Å². The number of rotatable bonds is 7. The molecule has 0 amide bonds. The van der Waals surface area contributed by atoms with Crippen molar-refractivity contribution in [3.8, 4) is 23.0 Å². The third-order valence-electron chi connectivity index (χ3n) is 6.09. The Morgan fingerprint density at radius 3 is 2.62 bits per heavy atom. The van der Waals surface area contributed by atoms with Crippen LogP contribution in [0, 0.1) is 6.92 Å². The molecule has 0 unspecified atom stereocenters. The Kier molecular flexibility index (Phi) is 6.33. The molecule has 37 heavy (non-hydrogen) atoms. The van der Waals surface area contributed by atoms with Gasteiger partial charge in [-0.15, -0.1) is 0 Å². The van der Waals surface area contributed by atoms with Crippen molar-refractivity contribution in [2.45, 2.75) is 31.3 Å². The second kappa shape index (κ2) is 9.48. The summed E-state index contributed by atoms with van der Waals surface area (Å²) in [5.41, 5.74) is 3.69. The van der Waals surface area contributed by atoms with E-state index in [1.165, 1.54) is 12.1 Å². The van der Waals surface area contributed by atoms with Gasteiger partial charge < -0.3 is 18.4 Å². The SMILES string of the molecule is C=CCOc1ccc(C2=Cc3ccc4c(c3OC2)C=CC(C)(C)O4)c(OS(=O)(=O)c2ccc(C)cc2)c1. The van der Waals surface area contributed by atoms with Crippen LogP contribution >= 0.6 is 0 Å². The molecule has 2 heterocycles. The van der Waals surface area contributed by atoms with Crippen molar-refractivity contribution in [2.24, 2.45) is 0 Å². The fraction of sp³-hybridized carbons (Fsp3) is 0.200. The minimum Gasteiger partial charge on any atom is -0.489 e. The largest absolute Gasteiger partial charge is 0.489 e. The van der Waals surface area contributed by atoms with Crippen LogP contribution in [0.3, 0.4) is 0 Å². The van der Waals surface area contributed by atoms with Gasteiger partial charge in [-0.3, -0.25) is 0 Å². The van der Waals surface area contributed by atoms with Crippen LogP contribution in [0.1, 0.15) is 36.1 Å². The van der Waals surface area contributed by atoms with E-state index in [0.29, 0.717) is 11.3 Å². The van der Waals surface area contributed by atoms with Crippen LogP contribution in [0.15, 0.2) is 78.2 Å². The zero-order valence-corrected chi connectivity index (χ0v) is 21.8. The molecule has 3 aromatic carbocycles. The second-order valence-electron chi connectivity index (χ2n) is 9.50. The lowest BCUT2D eigenvalue weighted by atomic mass is 9.95. The fourth-order valence-corrected chi connectivity index (χ4v) is 5.15. The number of aryl methyl sites for hydroxylation is 1. The molecule has 0 N–H and O–H groups in total. The molecule has 0 atom stereocenters. The third kappa shape index (κ3) is 5.13. The van der Waals surface area contributed by atoms with Crippen molar-refractivity contribution in [3.05, 3.63) is 95.6 Å². The zero-order chi connectivity index (χ0) is 26.2. The van der Waals surface area contributed by atoms with Crippen LogP contribution in [-0.4, -0.2) is 27.2 Å². The molecule has 0 radical (unpaired) electrons. The van der Waals surface area contributed by atoms with Crippen molar-refractivity contribution in [1.82, 2.24) is 0 Å². The molecule has 6 nitrogen and oxygen atoms in total. The second-order valence-corrected chi connectivity index (χ2v) is 11.0. The Hall–Kier alpha value is -3.97. The van der Waals surface area contributed by atoms with Gasteiger partial charge in [0.25, 0.3) is 0 Å². The van der Waals surface area contributed by atoms with Crippen LogP contribution in [0.5, 0.6) is 23.0 Å². The summed E-state index contributed by atoms with van der Waals surface area (Å²) >= 11 is 0. The normalized spacial score (nSPS) is 15.4. The van der Waals surface area contributed by atoms with Gasteiger partial charge in [-0.25, -0.2) is 0 Å². The molecule has 2 aliphatic heterocycles. The highest BCUT2D eigenvalue weighted by Crippen LogP contribution is 2.44. The molecule has 3 aromatic rings. The Balaban J connectivity index is 1.54. The first-order valence-electron chi connectivity index (χ1n) is 11.9. The van der Waals surface area contributed by atoms with Crippen molar-refractivity contribution in [3.63, 3.8) is 0 Å². The zero-order valence-electron chi connectivity index (χ0n) is 21.0. The molecule has 0 saturated heterocycles. The average Bonchev–Trinajstić information content (AvgIpc) is 2.86. The summed E-state index contributed by atoms with van der Waals surface area (Å²) in [6.45, 7) is 10.1. The van der Waals surface area contributed by atoms with E-state index in [1.807, 2.05) is 51.1 Å². The highest BCUT2D eigenvalue weighted by molar-refractivity contribution is 7.87. The van der Waals surface area contributed by atoms with E-state index in [-0.39, 0.29) is 29.5 Å². The van der Waals surface area contributed by atoms with Gasteiger partial charge in [-0.2, -0.15) is 8.42 Å². The maximum atomic E-state index is 13.1. The lowest BCUT2D eigenvalue weighted by molar-refractivity contribution is 0.158. The number of hydrogen-bond acceptors (Lipinski definition) is 6. The molecule has 5 rings (SSSR count). The van der Waals surface area contributed by atoms with E-state index < -0.39 is 10.1 Å². The molecule has 0 saturated carbocycles. The smallest absolute Gasteiger partial charge is 0.339 e. The molecule has 0 aliphatic carbocycles. The fourth-order valence-electron chi connectivity index (χ4n) is 4.21. The third-order valence-corrected chi connectivity index (χ3v) is 7.34. The highest BCUT2D eigenvalue weighted by Gasteiger charge is 2.28. The Labute approximate surface area is 217 Å². The number of hydrogen-bond donors (Lipinski definition) is 0. The number of fused-ring (bicyclic) bond motifs is 3. The maximum Gasteiger partial charge on any atom is 0.339 e. The summed E-state index contributed by atoms with van der Waals surface area (Å²) in [4.78, 5) is 0.0713. The first-order chi connectivity index (χ1) is 17.6. The van der Waals surface area contributed by atoms with Crippen molar-refractivity contribution in [1.29, 1.82) is 0 Å². The topological polar surface area (TPSA) is 71.1 Å². The first kappa shape index (κ1) is 24.7. The molecule has 0 spiro atoms. The van der Waals surface area contributed by atoms with Crippen LogP contribution in [-0.2, 0) is 10.1 Å². The van der Waals surface area contributed by atoms with E-state index in [2.05, 4.69) is 6.58 Å². The molecule has 0 aromatic heterocycles. The summed E-state index contributed by atoms with van der Waals surface area (Å²) < 4.78 is 49.8. The van der Waals surface area contributed by atoms with Gasteiger partial charge in [0.1, 0.15) is 41.0 Å². The summed E-state index contributed by atoms with van der Waals surface area (Å²) in [5.74, 6) is 2.12. The summed E-state index contributed by atoms with van der Waals surface area (Å²) in [7, 11) is -4.08. The molecule has 0 fully saturated rings. The highest BCUT2D eigenvalue weighted by atomic mass is 32.2. The van der Waals surface area contributed by atoms with Crippen molar-refractivity contribution < 1.29 is 26.8 Å². The van der Waals surface area contributed by atoms with Gasteiger partial charge in [0, 0.05) is 22.8 Å².